The van der Waals surface area contributed by atoms with E-state index in [0.717, 1.165) is 36.4 Å². The first kappa shape index (κ1) is 22.8. The van der Waals surface area contributed by atoms with Gasteiger partial charge >= 0.3 is 0 Å². The van der Waals surface area contributed by atoms with Crippen LogP contribution in [-0.4, -0.2) is 19.6 Å². The van der Waals surface area contributed by atoms with E-state index in [2.05, 4.69) is 23.0 Å². The van der Waals surface area contributed by atoms with Crippen molar-refractivity contribution in [3.05, 3.63) is 100 Å². The average Bonchev–Trinajstić information content (AvgIpc) is 3.47. The monoisotopic (exact) mass is 463 g/mol. The van der Waals surface area contributed by atoms with E-state index in [-0.39, 0.29) is 6.61 Å². The standard InChI is InChI=1S/C26H26ClN3O3/c1-19-15-24(10-7-21(19)3-2-13-30-14-12-28-25(30)16-31)32-17-23-18-33-26(29-23)11-6-20-4-8-22(27)9-5-20/h4-12,14-15,18,31H,2-3,13,16-17H2,1H3/b11-6+. The summed E-state index contributed by atoms with van der Waals surface area (Å²) in [4.78, 5) is 8.59. The van der Waals surface area contributed by atoms with Crippen LogP contribution in [0.2, 0.25) is 5.02 Å². The Kier molecular flexibility index (Phi) is 7.60. The van der Waals surface area contributed by atoms with Crippen molar-refractivity contribution in [2.75, 3.05) is 0 Å². The van der Waals surface area contributed by atoms with Crippen molar-refractivity contribution < 1.29 is 14.3 Å². The van der Waals surface area contributed by atoms with Crippen LogP contribution in [0.4, 0.5) is 0 Å². The number of imidazole rings is 1. The lowest BCUT2D eigenvalue weighted by Crippen LogP contribution is -2.04. The molecule has 0 bridgehead atoms. The van der Waals surface area contributed by atoms with Crippen molar-refractivity contribution >= 4 is 23.8 Å². The molecule has 7 heteroatoms. The number of benzene rings is 2. The topological polar surface area (TPSA) is 73.3 Å². The number of ether oxygens (including phenoxy) is 1. The van der Waals surface area contributed by atoms with Crippen LogP contribution in [0.25, 0.3) is 12.2 Å². The van der Waals surface area contributed by atoms with E-state index in [0.29, 0.717) is 23.3 Å². The molecular formula is C26H26ClN3O3. The molecule has 0 unspecified atom stereocenters. The molecule has 0 radical (unpaired) electrons. The molecule has 0 aliphatic carbocycles. The Bertz CT molecular complexity index is 1210. The zero-order chi connectivity index (χ0) is 23.0. The number of aromatic nitrogens is 3. The number of hydrogen-bond acceptors (Lipinski definition) is 5. The van der Waals surface area contributed by atoms with E-state index < -0.39 is 0 Å². The molecule has 4 aromatic rings. The number of rotatable bonds is 10. The highest BCUT2D eigenvalue weighted by Gasteiger charge is 2.06. The molecule has 170 valence electrons. The fraction of sp³-hybridized carbons (Fsp3) is 0.231. The molecule has 0 aliphatic heterocycles. The second kappa shape index (κ2) is 11.0. The van der Waals surface area contributed by atoms with Gasteiger partial charge in [0.05, 0.1) is 0 Å². The molecule has 0 fully saturated rings. The number of oxazole rings is 1. The van der Waals surface area contributed by atoms with Gasteiger partial charge in [-0.15, -0.1) is 0 Å². The molecule has 0 amide bonds. The fourth-order valence-corrected chi connectivity index (χ4v) is 3.66. The van der Waals surface area contributed by atoms with Gasteiger partial charge in [-0.25, -0.2) is 9.97 Å². The first-order chi connectivity index (χ1) is 16.1. The number of aliphatic hydroxyl groups excluding tert-OH is 1. The first-order valence-electron chi connectivity index (χ1n) is 10.8. The lowest BCUT2D eigenvalue weighted by molar-refractivity contribution is 0.264. The van der Waals surface area contributed by atoms with Gasteiger partial charge in [-0.1, -0.05) is 29.8 Å². The zero-order valence-corrected chi connectivity index (χ0v) is 19.2. The summed E-state index contributed by atoms with van der Waals surface area (Å²) >= 11 is 5.91. The molecule has 33 heavy (non-hydrogen) atoms. The smallest absolute Gasteiger partial charge is 0.218 e. The maximum absolute atomic E-state index is 9.30. The lowest BCUT2D eigenvalue weighted by Gasteiger charge is -2.10. The molecule has 0 saturated carbocycles. The number of nitrogens with zero attached hydrogens (tertiary/aromatic N) is 3. The Morgan fingerprint density at radius 1 is 1.15 bits per heavy atom. The van der Waals surface area contributed by atoms with E-state index in [4.69, 9.17) is 20.8 Å². The van der Waals surface area contributed by atoms with Crippen LogP contribution < -0.4 is 4.74 Å². The Morgan fingerprint density at radius 3 is 2.79 bits per heavy atom. The Morgan fingerprint density at radius 2 is 2.00 bits per heavy atom. The van der Waals surface area contributed by atoms with Crippen LogP contribution in [0, 0.1) is 6.92 Å². The maximum Gasteiger partial charge on any atom is 0.218 e. The van der Waals surface area contributed by atoms with Crippen molar-refractivity contribution in [1.82, 2.24) is 14.5 Å². The van der Waals surface area contributed by atoms with E-state index in [9.17, 15) is 5.11 Å². The second-order valence-electron chi connectivity index (χ2n) is 7.74. The van der Waals surface area contributed by atoms with Gasteiger partial charge in [-0.05, 0) is 66.8 Å². The predicted molar refractivity (Wildman–Crippen MR) is 129 cm³/mol. The molecule has 0 aliphatic rings. The van der Waals surface area contributed by atoms with Gasteiger partial charge in [-0.2, -0.15) is 0 Å². The van der Waals surface area contributed by atoms with Crippen LogP contribution in [0.3, 0.4) is 0 Å². The molecule has 2 aromatic carbocycles. The largest absolute Gasteiger partial charge is 0.487 e. The molecule has 2 heterocycles. The SMILES string of the molecule is Cc1cc(OCc2coc(/C=C/c3ccc(Cl)cc3)n2)ccc1CCCn1ccnc1CO. The van der Waals surface area contributed by atoms with Gasteiger partial charge in [0, 0.05) is 30.0 Å². The Balaban J connectivity index is 1.27. The molecule has 0 spiro atoms. The van der Waals surface area contributed by atoms with Gasteiger partial charge in [-0.3, -0.25) is 0 Å². The third-order valence-corrected chi connectivity index (χ3v) is 5.60. The minimum Gasteiger partial charge on any atom is -0.487 e. The third-order valence-electron chi connectivity index (χ3n) is 5.35. The number of aryl methyl sites for hydroxylation is 3. The molecule has 4 rings (SSSR count). The van der Waals surface area contributed by atoms with Crippen LogP contribution >= 0.6 is 11.6 Å². The van der Waals surface area contributed by atoms with Crippen molar-refractivity contribution in [1.29, 1.82) is 0 Å². The lowest BCUT2D eigenvalue weighted by atomic mass is 10.0. The summed E-state index contributed by atoms with van der Waals surface area (Å²) in [6.07, 6.45) is 10.9. The summed E-state index contributed by atoms with van der Waals surface area (Å²) < 4.78 is 13.4. The summed E-state index contributed by atoms with van der Waals surface area (Å²) in [6, 6.07) is 13.7. The first-order valence-corrected chi connectivity index (χ1v) is 11.2. The minimum atomic E-state index is -0.0380. The van der Waals surface area contributed by atoms with Crippen molar-refractivity contribution in [3.8, 4) is 5.75 Å². The van der Waals surface area contributed by atoms with Gasteiger partial charge < -0.3 is 18.8 Å². The quantitative estimate of drug-likeness (QED) is 0.326. The van der Waals surface area contributed by atoms with E-state index in [1.54, 1.807) is 12.5 Å². The number of aliphatic hydroxyl groups is 1. The Hall–Kier alpha value is -3.35. The van der Waals surface area contributed by atoms with E-state index in [1.807, 2.05) is 59.3 Å². The maximum atomic E-state index is 9.30. The summed E-state index contributed by atoms with van der Waals surface area (Å²) in [5.41, 5.74) is 4.22. The van der Waals surface area contributed by atoms with Crippen LogP contribution in [0.15, 0.2) is 65.5 Å². The van der Waals surface area contributed by atoms with E-state index in [1.165, 1.54) is 11.1 Å². The van der Waals surface area contributed by atoms with E-state index >= 15 is 0 Å². The summed E-state index contributed by atoms with van der Waals surface area (Å²) in [5, 5.41) is 10.0. The predicted octanol–water partition coefficient (Wildman–Crippen LogP) is 5.71. The third kappa shape index (κ3) is 6.34. The summed E-state index contributed by atoms with van der Waals surface area (Å²) in [6.45, 7) is 3.22. The van der Waals surface area contributed by atoms with Gasteiger partial charge in [0.15, 0.2) is 0 Å². The van der Waals surface area contributed by atoms with Gasteiger partial charge in [0.25, 0.3) is 0 Å². The molecular weight excluding hydrogens is 438 g/mol. The fourth-order valence-electron chi connectivity index (χ4n) is 3.54. The normalized spacial score (nSPS) is 11.4. The highest BCUT2D eigenvalue weighted by molar-refractivity contribution is 6.30. The molecule has 2 aromatic heterocycles. The van der Waals surface area contributed by atoms with Crippen molar-refractivity contribution in [2.45, 2.75) is 39.5 Å². The number of hydrogen-bond donors (Lipinski definition) is 1. The molecule has 0 atom stereocenters. The average molecular weight is 464 g/mol. The summed E-state index contributed by atoms with van der Waals surface area (Å²) in [5.74, 6) is 2.03. The number of halogens is 1. The van der Waals surface area contributed by atoms with Gasteiger partial charge in [0.1, 0.15) is 36.7 Å². The minimum absolute atomic E-state index is 0.0380. The molecule has 1 N–H and O–H groups in total. The van der Waals surface area contributed by atoms with Crippen LogP contribution in [0.1, 0.15) is 40.5 Å². The van der Waals surface area contributed by atoms with Crippen LogP contribution in [-0.2, 0) is 26.2 Å². The zero-order valence-electron chi connectivity index (χ0n) is 18.4. The molecule has 0 saturated heterocycles. The Labute approximate surface area is 198 Å². The highest BCUT2D eigenvalue weighted by atomic mass is 35.5. The second-order valence-corrected chi connectivity index (χ2v) is 8.17. The van der Waals surface area contributed by atoms with Crippen molar-refractivity contribution in [3.63, 3.8) is 0 Å². The highest BCUT2D eigenvalue weighted by Crippen LogP contribution is 2.20. The van der Waals surface area contributed by atoms with Crippen LogP contribution in [0.5, 0.6) is 5.75 Å². The summed E-state index contributed by atoms with van der Waals surface area (Å²) in [7, 11) is 0. The van der Waals surface area contributed by atoms with Crippen molar-refractivity contribution in [2.24, 2.45) is 0 Å². The van der Waals surface area contributed by atoms with Gasteiger partial charge in [0.2, 0.25) is 5.89 Å². The molecule has 6 nitrogen and oxygen atoms in total.